The van der Waals surface area contributed by atoms with Crippen LogP contribution in [0.2, 0.25) is 0 Å². The van der Waals surface area contributed by atoms with E-state index in [1.54, 1.807) is 0 Å². The molecule has 0 aliphatic carbocycles. The van der Waals surface area contributed by atoms with Crippen LogP contribution in [0.25, 0.3) is 5.57 Å². The van der Waals surface area contributed by atoms with Crippen LogP contribution in [0, 0.1) is 0 Å². The smallest absolute Gasteiger partial charge is 0.310 e. The molecule has 0 radical (unpaired) electrons. The van der Waals surface area contributed by atoms with Crippen LogP contribution in [0.4, 0.5) is 0 Å². The van der Waals surface area contributed by atoms with Crippen molar-refractivity contribution in [2.45, 2.75) is 123 Å². The van der Waals surface area contributed by atoms with Crippen LogP contribution >= 0.6 is 11.7 Å². The van der Waals surface area contributed by atoms with Gasteiger partial charge in [-0.15, -0.1) is 4.37 Å². The van der Waals surface area contributed by atoms with Crippen molar-refractivity contribution in [1.29, 1.82) is 0 Å². The van der Waals surface area contributed by atoms with Gasteiger partial charge in [0, 0.05) is 25.3 Å². The van der Waals surface area contributed by atoms with Crippen molar-refractivity contribution in [3.05, 3.63) is 11.8 Å². The number of nitrogens with zero attached hydrogens (tertiary/aromatic N) is 3. The number of likely N-dealkylation sites (N-methyl/N-ethyl adjacent to an activating group) is 1. The van der Waals surface area contributed by atoms with Gasteiger partial charge in [0.2, 0.25) is 6.23 Å². The highest BCUT2D eigenvalue weighted by Gasteiger charge is 2.36. The zero-order chi connectivity index (χ0) is 25.4. The number of esters is 1. The summed E-state index contributed by atoms with van der Waals surface area (Å²) in [5.74, 6) is 0.587. The zero-order valence-electron chi connectivity index (χ0n) is 22.9. The number of carbonyl (C=O) groups is 1. The molecule has 0 aromatic carbocycles. The number of rotatable bonds is 19. The molecule has 2 heterocycles. The van der Waals surface area contributed by atoms with Crippen LogP contribution in [-0.2, 0) is 9.53 Å². The third-order valence-electron chi connectivity index (χ3n) is 7.23. The maximum atomic E-state index is 12.5. The van der Waals surface area contributed by atoms with Crippen molar-refractivity contribution < 1.29 is 18.8 Å². The Balaban J connectivity index is 1.73. The molecular formula is C28H50N3O3S+. The molecule has 0 bridgehead atoms. The van der Waals surface area contributed by atoms with Crippen molar-refractivity contribution in [3.8, 4) is 5.88 Å². The fourth-order valence-corrected chi connectivity index (χ4v) is 5.20. The predicted octanol–water partition coefficient (Wildman–Crippen LogP) is 7.54. The first-order valence-corrected chi connectivity index (χ1v) is 14.9. The first kappa shape index (κ1) is 29.8. The summed E-state index contributed by atoms with van der Waals surface area (Å²) in [5, 5.41) is 0. The molecule has 200 valence electrons. The van der Waals surface area contributed by atoms with Gasteiger partial charge in [-0.2, -0.15) is 4.37 Å². The van der Waals surface area contributed by atoms with E-state index in [1.807, 2.05) is 6.92 Å². The van der Waals surface area contributed by atoms with Gasteiger partial charge in [0.15, 0.2) is 0 Å². The average Bonchev–Trinajstić information content (AvgIpc) is 3.31. The highest BCUT2D eigenvalue weighted by atomic mass is 32.1. The number of quaternary nitrogens is 1. The molecule has 7 heteroatoms. The molecule has 0 amide bonds. The number of unbranched alkanes of at least 4 members (excludes halogenated alkanes) is 11. The monoisotopic (exact) mass is 508 g/mol. The molecule has 0 spiro atoms. The van der Waals surface area contributed by atoms with Gasteiger partial charge in [0.25, 0.3) is 5.88 Å². The van der Waals surface area contributed by atoms with Crippen LogP contribution in [0.5, 0.6) is 5.88 Å². The number of aromatic nitrogens is 2. The standard InChI is InChI=1S/C28H50N3O3S/c1-5-7-9-11-12-13-14-15-16-20-26(32)34-24(3)31(4)21-18-19-25(23-31)27-28(30-35-29-27)33-22-17-10-8-6-2/h19,24H,5-18,20-23H2,1-4H3/q+1. The second-order valence-corrected chi connectivity index (χ2v) is 10.9. The lowest BCUT2D eigenvalue weighted by Crippen LogP contribution is -2.55. The summed E-state index contributed by atoms with van der Waals surface area (Å²) in [6.07, 6.45) is 19.5. The van der Waals surface area contributed by atoms with Gasteiger partial charge in [-0.25, -0.2) is 0 Å². The van der Waals surface area contributed by atoms with E-state index in [0.717, 1.165) is 50.0 Å². The second kappa shape index (κ2) is 17.1. The third-order valence-corrected chi connectivity index (χ3v) is 7.74. The van der Waals surface area contributed by atoms with Gasteiger partial charge in [-0.05, 0) is 12.8 Å². The minimum Gasteiger partial charge on any atom is -0.475 e. The van der Waals surface area contributed by atoms with E-state index in [4.69, 9.17) is 9.47 Å². The van der Waals surface area contributed by atoms with E-state index < -0.39 is 0 Å². The van der Waals surface area contributed by atoms with Crippen LogP contribution in [0.15, 0.2) is 6.08 Å². The Labute approximate surface area is 218 Å². The molecule has 1 aromatic heterocycles. The summed E-state index contributed by atoms with van der Waals surface area (Å²) in [7, 11) is 2.18. The highest BCUT2D eigenvalue weighted by Crippen LogP contribution is 2.31. The molecule has 1 aromatic rings. The molecule has 2 unspecified atom stereocenters. The molecule has 0 fully saturated rings. The maximum absolute atomic E-state index is 12.5. The summed E-state index contributed by atoms with van der Waals surface area (Å²) in [6.45, 7) is 8.89. The molecule has 2 atom stereocenters. The van der Waals surface area contributed by atoms with Crippen molar-refractivity contribution >= 4 is 23.3 Å². The van der Waals surface area contributed by atoms with Crippen LogP contribution < -0.4 is 4.74 Å². The van der Waals surface area contributed by atoms with Gasteiger partial charge < -0.3 is 9.47 Å². The molecule has 6 nitrogen and oxygen atoms in total. The molecule has 1 aliphatic rings. The number of hydrogen-bond donors (Lipinski definition) is 0. The summed E-state index contributed by atoms with van der Waals surface area (Å²) in [4.78, 5) is 12.5. The SMILES string of the molecule is CCCCCCCCCCCC(=O)OC(C)[N+]1(C)CCC=C(c2nsnc2OCCCCCC)C1. The molecule has 2 rings (SSSR count). The molecular weight excluding hydrogens is 458 g/mol. The number of ether oxygens (including phenoxy) is 2. The van der Waals surface area contributed by atoms with Crippen molar-refractivity contribution in [3.63, 3.8) is 0 Å². The van der Waals surface area contributed by atoms with Gasteiger partial charge in [-0.1, -0.05) is 90.6 Å². The van der Waals surface area contributed by atoms with Crippen LogP contribution in [-0.4, -0.2) is 52.2 Å². The third kappa shape index (κ3) is 11.0. The summed E-state index contributed by atoms with van der Waals surface area (Å²) in [5.41, 5.74) is 2.01. The minimum atomic E-state index is -0.185. The summed E-state index contributed by atoms with van der Waals surface area (Å²) >= 11 is 1.21. The fraction of sp³-hybridized carbons (Fsp3) is 0.821. The number of hydrogen-bond acceptors (Lipinski definition) is 6. The highest BCUT2D eigenvalue weighted by molar-refractivity contribution is 6.99. The lowest BCUT2D eigenvalue weighted by molar-refractivity contribution is -0.944. The number of carbonyl (C=O) groups excluding carboxylic acids is 1. The Morgan fingerprint density at radius 3 is 2.29 bits per heavy atom. The van der Waals surface area contributed by atoms with E-state index in [-0.39, 0.29) is 12.2 Å². The maximum Gasteiger partial charge on any atom is 0.310 e. The first-order chi connectivity index (χ1) is 17.0. The Morgan fingerprint density at radius 1 is 0.971 bits per heavy atom. The largest absolute Gasteiger partial charge is 0.475 e. The van der Waals surface area contributed by atoms with E-state index in [0.29, 0.717) is 23.4 Å². The van der Waals surface area contributed by atoms with E-state index in [1.165, 1.54) is 75.9 Å². The van der Waals surface area contributed by atoms with Crippen molar-refractivity contribution in [1.82, 2.24) is 8.75 Å². The molecule has 0 saturated heterocycles. The Hall–Kier alpha value is -1.47. The van der Waals surface area contributed by atoms with Gasteiger partial charge >= 0.3 is 5.97 Å². The quantitative estimate of drug-likeness (QED) is 0.110. The lowest BCUT2D eigenvalue weighted by atomic mass is 10.0. The van der Waals surface area contributed by atoms with E-state index in [9.17, 15) is 4.79 Å². The normalized spacial score (nSPS) is 18.8. The van der Waals surface area contributed by atoms with E-state index >= 15 is 0 Å². The van der Waals surface area contributed by atoms with Gasteiger partial charge in [-0.3, -0.25) is 9.28 Å². The second-order valence-electron chi connectivity index (χ2n) is 10.4. The fourth-order valence-electron chi connectivity index (χ4n) is 4.67. The summed E-state index contributed by atoms with van der Waals surface area (Å²) in [6, 6.07) is 0. The van der Waals surface area contributed by atoms with Crippen LogP contribution in [0.3, 0.4) is 0 Å². The zero-order valence-corrected chi connectivity index (χ0v) is 23.7. The molecule has 1 aliphatic heterocycles. The lowest BCUT2D eigenvalue weighted by Gasteiger charge is -2.41. The molecule has 0 saturated carbocycles. The average molecular weight is 509 g/mol. The molecule has 35 heavy (non-hydrogen) atoms. The Kier molecular flexibility index (Phi) is 14.5. The topological polar surface area (TPSA) is 61.3 Å². The summed E-state index contributed by atoms with van der Waals surface area (Å²) < 4.78 is 21.5. The van der Waals surface area contributed by atoms with Crippen LogP contribution in [0.1, 0.15) is 123 Å². The molecule has 0 N–H and O–H groups in total. The van der Waals surface area contributed by atoms with E-state index in [2.05, 4.69) is 35.7 Å². The Bertz CT molecular complexity index is 752. The van der Waals surface area contributed by atoms with Gasteiger partial charge in [0.05, 0.1) is 31.9 Å². The first-order valence-electron chi connectivity index (χ1n) is 14.2. The minimum absolute atomic E-state index is 0.0673. The van der Waals surface area contributed by atoms with Crippen molar-refractivity contribution in [2.75, 3.05) is 26.7 Å². The van der Waals surface area contributed by atoms with Crippen molar-refractivity contribution in [2.24, 2.45) is 0 Å². The van der Waals surface area contributed by atoms with Gasteiger partial charge in [0.1, 0.15) is 12.2 Å². The predicted molar refractivity (Wildman–Crippen MR) is 145 cm³/mol. The Morgan fingerprint density at radius 2 is 1.60 bits per heavy atom.